The Morgan fingerprint density at radius 1 is 1.19 bits per heavy atom. The summed E-state index contributed by atoms with van der Waals surface area (Å²) in [6.45, 7) is 2.46. The Morgan fingerprint density at radius 2 is 1.96 bits per heavy atom. The Bertz CT molecular complexity index is 690. The lowest BCUT2D eigenvalue weighted by atomic mass is 9.90. The first-order chi connectivity index (χ1) is 13.1. The van der Waals surface area contributed by atoms with E-state index >= 15 is 0 Å². The molecule has 0 bridgehead atoms. The second-order valence-corrected chi connectivity index (χ2v) is 7.68. The van der Waals surface area contributed by atoms with Crippen molar-refractivity contribution in [3.63, 3.8) is 0 Å². The number of amides is 3. The lowest BCUT2D eigenvalue weighted by molar-refractivity contribution is -0.139. The van der Waals surface area contributed by atoms with Crippen LogP contribution in [-0.4, -0.2) is 73.3 Å². The lowest BCUT2D eigenvalue weighted by Crippen LogP contribution is -2.63. The number of likely N-dealkylation sites (tertiary alicyclic amines) is 2. The summed E-state index contributed by atoms with van der Waals surface area (Å²) in [7, 11) is 0. The quantitative estimate of drug-likeness (QED) is 0.871. The molecule has 27 heavy (non-hydrogen) atoms. The number of rotatable bonds is 4. The van der Waals surface area contributed by atoms with Crippen molar-refractivity contribution in [2.75, 3.05) is 39.5 Å². The van der Waals surface area contributed by atoms with Gasteiger partial charge in [0.25, 0.3) is 0 Å². The van der Waals surface area contributed by atoms with E-state index < -0.39 is 0 Å². The van der Waals surface area contributed by atoms with E-state index in [4.69, 9.17) is 4.74 Å². The molecule has 3 amide bonds. The molecule has 146 valence electrons. The molecule has 1 aromatic carbocycles. The van der Waals surface area contributed by atoms with Crippen LogP contribution in [0.4, 0.5) is 9.18 Å². The molecule has 1 aromatic rings. The van der Waals surface area contributed by atoms with Gasteiger partial charge in [-0.3, -0.25) is 9.18 Å². The minimum atomic E-state index is -0.282. The van der Waals surface area contributed by atoms with Crippen molar-refractivity contribution in [3.05, 3.63) is 35.4 Å². The molecule has 1 N–H and O–H groups in total. The van der Waals surface area contributed by atoms with Crippen molar-refractivity contribution in [2.45, 2.75) is 37.3 Å². The van der Waals surface area contributed by atoms with Crippen LogP contribution in [0.25, 0.3) is 0 Å². The van der Waals surface area contributed by atoms with Crippen LogP contribution in [0.2, 0.25) is 0 Å². The molecule has 6 nitrogen and oxygen atoms in total. The summed E-state index contributed by atoms with van der Waals surface area (Å²) in [5, 5.41) is 2.93. The topological polar surface area (TPSA) is 61.9 Å². The van der Waals surface area contributed by atoms with E-state index in [0.717, 1.165) is 31.5 Å². The van der Waals surface area contributed by atoms with E-state index in [1.54, 1.807) is 0 Å². The van der Waals surface area contributed by atoms with Crippen LogP contribution >= 0.6 is 0 Å². The third-order valence-corrected chi connectivity index (χ3v) is 5.80. The van der Waals surface area contributed by atoms with Crippen molar-refractivity contribution < 1.29 is 18.7 Å². The Labute approximate surface area is 158 Å². The van der Waals surface area contributed by atoms with Crippen LogP contribution in [0.3, 0.4) is 0 Å². The number of piperidine rings is 1. The van der Waals surface area contributed by atoms with Gasteiger partial charge in [0.05, 0.1) is 18.8 Å². The second kappa shape index (κ2) is 7.84. The molecule has 1 unspecified atom stereocenters. The SMILES string of the molecule is O=C1COC2CCN(C(=O)N3CC(c4ccc(CCCF)cc4)C3)C[C@H]2N1. The van der Waals surface area contributed by atoms with Gasteiger partial charge in [-0.2, -0.15) is 0 Å². The van der Waals surface area contributed by atoms with E-state index in [0.29, 0.717) is 25.4 Å². The highest BCUT2D eigenvalue weighted by molar-refractivity contribution is 5.79. The summed E-state index contributed by atoms with van der Waals surface area (Å²) in [5.41, 5.74) is 2.39. The maximum atomic E-state index is 12.7. The standard InChI is InChI=1S/C20H26FN3O3/c21-8-1-2-14-3-5-15(6-4-14)16-10-24(11-16)20(26)23-9-7-18-17(12-23)22-19(25)13-27-18/h3-6,16-18H,1-2,7-13H2,(H,22,25)/t17-,18?/m1/s1. The number of hydrogen-bond acceptors (Lipinski definition) is 3. The fraction of sp³-hybridized carbons (Fsp3) is 0.600. The normalized spacial score (nSPS) is 25.6. The number of carbonyl (C=O) groups excluding carboxylic acids is 2. The highest BCUT2D eigenvalue weighted by Crippen LogP contribution is 2.29. The van der Waals surface area contributed by atoms with Gasteiger partial charge in [-0.1, -0.05) is 24.3 Å². The first-order valence-electron chi connectivity index (χ1n) is 9.73. The number of nitrogens with one attached hydrogen (secondary N) is 1. The molecule has 0 spiro atoms. The van der Waals surface area contributed by atoms with Gasteiger partial charge in [0.1, 0.15) is 6.61 Å². The number of aryl methyl sites for hydroxylation is 1. The van der Waals surface area contributed by atoms with Crippen LogP contribution < -0.4 is 5.32 Å². The number of benzene rings is 1. The van der Waals surface area contributed by atoms with Gasteiger partial charge in [0, 0.05) is 32.1 Å². The summed E-state index contributed by atoms with van der Waals surface area (Å²) in [5.74, 6) is 0.254. The number of alkyl halides is 1. The summed E-state index contributed by atoms with van der Waals surface area (Å²) in [6, 6.07) is 8.26. The van der Waals surface area contributed by atoms with Gasteiger partial charge in [-0.05, 0) is 30.4 Å². The predicted octanol–water partition coefficient (Wildman–Crippen LogP) is 1.70. The number of hydrogen-bond donors (Lipinski definition) is 1. The van der Waals surface area contributed by atoms with Crippen LogP contribution in [0.1, 0.15) is 29.9 Å². The summed E-state index contributed by atoms with van der Waals surface area (Å²) in [6.07, 6.45) is 2.11. The number of nitrogens with zero attached hydrogens (tertiary/aromatic N) is 2. The average molecular weight is 375 g/mol. The van der Waals surface area contributed by atoms with Crippen molar-refractivity contribution in [1.29, 1.82) is 0 Å². The predicted molar refractivity (Wildman–Crippen MR) is 98.3 cm³/mol. The molecule has 0 aromatic heterocycles. The average Bonchev–Trinajstić information content (AvgIpc) is 2.65. The third kappa shape index (κ3) is 3.93. The van der Waals surface area contributed by atoms with Gasteiger partial charge >= 0.3 is 6.03 Å². The molecular formula is C20H26FN3O3. The van der Waals surface area contributed by atoms with Crippen LogP contribution in [-0.2, 0) is 16.0 Å². The Kier molecular flexibility index (Phi) is 5.29. The van der Waals surface area contributed by atoms with Crippen LogP contribution in [0.15, 0.2) is 24.3 Å². The lowest BCUT2D eigenvalue weighted by Gasteiger charge is -2.46. The number of carbonyl (C=O) groups is 2. The maximum Gasteiger partial charge on any atom is 0.320 e. The highest BCUT2D eigenvalue weighted by atomic mass is 19.1. The van der Waals surface area contributed by atoms with Gasteiger partial charge < -0.3 is 19.9 Å². The highest BCUT2D eigenvalue weighted by Gasteiger charge is 2.40. The fourth-order valence-corrected chi connectivity index (χ4v) is 4.15. The summed E-state index contributed by atoms with van der Waals surface area (Å²) >= 11 is 0. The van der Waals surface area contributed by atoms with Gasteiger partial charge in [-0.25, -0.2) is 4.79 Å². The Balaban J connectivity index is 1.28. The number of morpholine rings is 1. The molecule has 4 rings (SSSR count). The smallest absolute Gasteiger partial charge is 0.320 e. The first kappa shape index (κ1) is 18.2. The zero-order valence-corrected chi connectivity index (χ0v) is 15.4. The largest absolute Gasteiger partial charge is 0.366 e. The van der Waals surface area contributed by atoms with Gasteiger partial charge in [-0.15, -0.1) is 0 Å². The van der Waals surface area contributed by atoms with E-state index in [1.807, 2.05) is 9.80 Å². The van der Waals surface area contributed by atoms with Crippen LogP contribution in [0.5, 0.6) is 0 Å². The molecule has 3 aliphatic heterocycles. The third-order valence-electron chi connectivity index (χ3n) is 5.80. The molecular weight excluding hydrogens is 349 g/mol. The van der Waals surface area contributed by atoms with Crippen molar-refractivity contribution >= 4 is 11.9 Å². The molecule has 3 fully saturated rings. The zero-order chi connectivity index (χ0) is 18.8. The monoisotopic (exact) mass is 375 g/mol. The molecule has 0 radical (unpaired) electrons. The molecule has 3 saturated heterocycles. The van der Waals surface area contributed by atoms with Crippen molar-refractivity contribution in [2.24, 2.45) is 0 Å². The van der Waals surface area contributed by atoms with E-state index in [1.165, 1.54) is 5.56 Å². The zero-order valence-electron chi connectivity index (χ0n) is 15.4. The van der Waals surface area contributed by atoms with Gasteiger partial charge in [0.15, 0.2) is 0 Å². The molecule has 2 atom stereocenters. The minimum absolute atomic E-state index is 0.0202. The number of halogens is 1. The summed E-state index contributed by atoms with van der Waals surface area (Å²) in [4.78, 5) is 28.0. The van der Waals surface area contributed by atoms with E-state index in [2.05, 4.69) is 29.6 Å². The van der Waals surface area contributed by atoms with Crippen molar-refractivity contribution in [3.8, 4) is 0 Å². The first-order valence-corrected chi connectivity index (χ1v) is 9.73. The minimum Gasteiger partial charge on any atom is -0.366 e. The van der Waals surface area contributed by atoms with E-state index in [-0.39, 0.29) is 37.4 Å². The molecule has 3 heterocycles. The maximum absolute atomic E-state index is 12.7. The molecule has 3 aliphatic rings. The Hall–Kier alpha value is -2.15. The van der Waals surface area contributed by atoms with E-state index in [9.17, 15) is 14.0 Å². The number of fused-ring (bicyclic) bond motifs is 1. The number of urea groups is 1. The fourth-order valence-electron chi connectivity index (χ4n) is 4.15. The Morgan fingerprint density at radius 3 is 2.70 bits per heavy atom. The van der Waals surface area contributed by atoms with Gasteiger partial charge in [0.2, 0.25) is 5.91 Å². The molecule has 7 heteroatoms. The second-order valence-electron chi connectivity index (χ2n) is 7.68. The molecule has 0 aliphatic carbocycles. The number of ether oxygens (including phenoxy) is 1. The van der Waals surface area contributed by atoms with Crippen molar-refractivity contribution in [1.82, 2.24) is 15.1 Å². The molecule has 0 saturated carbocycles. The van der Waals surface area contributed by atoms with Crippen LogP contribution in [0, 0.1) is 0 Å². The summed E-state index contributed by atoms with van der Waals surface area (Å²) < 4.78 is 17.8.